The fraction of sp³-hybridized carbons (Fsp3) is 0.455. The molecule has 3 N–H and O–H groups in total. The number of benzene rings is 1. The van der Waals surface area contributed by atoms with E-state index in [0.717, 1.165) is 0 Å². The molecule has 0 saturated carbocycles. The fourth-order valence-corrected chi connectivity index (χ4v) is 2.00. The third kappa shape index (κ3) is 2.23. The Bertz CT molecular complexity index is 414. The van der Waals surface area contributed by atoms with Crippen LogP contribution in [0.5, 0.6) is 0 Å². The summed E-state index contributed by atoms with van der Waals surface area (Å²) in [6.07, 6.45) is -4.97. The Labute approximate surface area is 96.6 Å². The van der Waals surface area contributed by atoms with Gasteiger partial charge in [-0.1, -0.05) is 12.1 Å². The molecule has 0 aromatic heterocycles. The molecule has 0 spiro atoms. The summed E-state index contributed by atoms with van der Waals surface area (Å²) in [5.41, 5.74) is 4.83. The topological polar surface area (TPSA) is 49.5 Å². The number of nitrogens with two attached hydrogens (primary N) is 1. The lowest BCUT2D eigenvalue weighted by Crippen LogP contribution is -2.51. The number of β-amino-alcohol motifs (C(OH)–C–C–N with tert-alkyl or cyclic N) is 1. The molecule has 1 aliphatic heterocycles. The van der Waals surface area contributed by atoms with Crippen LogP contribution in [0.4, 0.5) is 18.9 Å². The molecule has 1 saturated heterocycles. The first-order chi connectivity index (χ1) is 7.93. The van der Waals surface area contributed by atoms with Crippen LogP contribution in [0.3, 0.4) is 0 Å². The number of alkyl halides is 3. The minimum atomic E-state index is -4.42. The van der Waals surface area contributed by atoms with Crippen molar-refractivity contribution < 1.29 is 18.3 Å². The molecule has 0 unspecified atom stereocenters. The summed E-state index contributed by atoms with van der Waals surface area (Å²) in [6.45, 7) is 0.313. The van der Waals surface area contributed by atoms with E-state index in [4.69, 9.17) is 10.8 Å². The number of hydrogen-bond donors (Lipinski definition) is 2. The molecule has 0 atom stereocenters. The van der Waals surface area contributed by atoms with E-state index in [2.05, 4.69) is 0 Å². The molecule has 94 valence electrons. The standard InChI is InChI=1S/C11H13F3N2O/c12-11(13,14)10-7(4-15)2-1-3-9(10)16-5-8(17)6-16/h1-3,8,17H,4-6,15H2. The van der Waals surface area contributed by atoms with Gasteiger partial charge in [-0.25, -0.2) is 0 Å². The summed E-state index contributed by atoms with van der Waals surface area (Å²) in [7, 11) is 0. The molecule has 2 rings (SSSR count). The van der Waals surface area contributed by atoms with Crippen molar-refractivity contribution in [2.75, 3.05) is 18.0 Å². The first-order valence-corrected chi connectivity index (χ1v) is 5.25. The minimum absolute atomic E-state index is 0.0800. The minimum Gasteiger partial charge on any atom is -0.389 e. The number of nitrogens with zero attached hydrogens (tertiary/aromatic N) is 1. The van der Waals surface area contributed by atoms with Gasteiger partial charge < -0.3 is 15.7 Å². The third-order valence-corrected chi connectivity index (χ3v) is 2.84. The van der Waals surface area contributed by atoms with Crippen LogP contribution in [0.1, 0.15) is 11.1 Å². The highest BCUT2D eigenvalue weighted by atomic mass is 19.4. The highest BCUT2D eigenvalue weighted by Crippen LogP contribution is 2.40. The van der Waals surface area contributed by atoms with Gasteiger partial charge in [-0.3, -0.25) is 0 Å². The number of halogens is 3. The van der Waals surface area contributed by atoms with Gasteiger partial charge in [0.25, 0.3) is 0 Å². The summed E-state index contributed by atoms with van der Waals surface area (Å²) in [4.78, 5) is 1.51. The summed E-state index contributed by atoms with van der Waals surface area (Å²) in [6, 6.07) is 4.34. The van der Waals surface area contributed by atoms with Crippen LogP contribution in [0.25, 0.3) is 0 Å². The van der Waals surface area contributed by atoms with Crippen LogP contribution in [0.15, 0.2) is 18.2 Å². The van der Waals surface area contributed by atoms with Crippen molar-refractivity contribution in [3.63, 3.8) is 0 Å². The number of hydrogen-bond acceptors (Lipinski definition) is 3. The average molecular weight is 246 g/mol. The molecule has 3 nitrogen and oxygen atoms in total. The molecule has 1 aliphatic rings. The highest BCUT2D eigenvalue weighted by Gasteiger charge is 2.39. The van der Waals surface area contributed by atoms with E-state index < -0.39 is 17.8 Å². The maximum atomic E-state index is 13.0. The quantitative estimate of drug-likeness (QED) is 0.828. The van der Waals surface area contributed by atoms with E-state index >= 15 is 0 Å². The Balaban J connectivity index is 2.44. The molecule has 0 aliphatic carbocycles. The molecule has 6 heteroatoms. The van der Waals surface area contributed by atoms with Crippen LogP contribution < -0.4 is 10.6 Å². The monoisotopic (exact) mass is 246 g/mol. The zero-order chi connectivity index (χ0) is 12.6. The molecule has 1 heterocycles. The van der Waals surface area contributed by atoms with Gasteiger partial charge in [0, 0.05) is 25.3 Å². The Hall–Kier alpha value is -1.27. The molecule has 1 aromatic carbocycles. The second kappa shape index (κ2) is 4.19. The predicted molar refractivity (Wildman–Crippen MR) is 57.6 cm³/mol. The Morgan fingerprint density at radius 2 is 2.00 bits per heavy atom. The van der Waals surface area contributed by atoms with Crippen molar-refractivity contribution in [1.82, 2.24) is 0 Å². The molecule has 17 heavy (non-hydrogen) atoms. The largest absolute Gasteiger partial charge is 0.418 e. The summed E-state index contributed by atoms with van der Waals surface area (Å²) in [5.74, 6) is 0. The zero-order valence-corrected chi connectivity index (χ0v) is 9.04. The second-order valence-corrected chi connectivity index (χ2v) is 4.07. The number of anilines is 1. The second-order valence-electron chi connectivity index (χ2n) is 4.07. The smallest absolute Gasteiger partial charge is 0.389 e. The Morgan fingerprint density at radius 1 is 1.35 bits per heavy atom. The molecular weight excluding hydrogens is 233 g/mol. The lowest BCUT2D eigenvalue weighted by Gasteiger charge is -2.39. The van der Waals surface area contributed by atoms with E-state index in [-0.39, 0.29) is 30.9 Å². The van der Waals surface area contributed by atoms with E-state index in [9.17, 15) is 13.2 Å². The van der Waals surface area contributed by atoms with Crippen molar-refractivity contribution in [2.24, 2.45) is 5.73 Å². The Morgan fingerprint density at radius 3 is 2.47 bits per heavy atom. The van der Waals surface area contributed by atoms with Crippen molar-refractivity contribution in [3.05, 3.63) is 29.3 Å². The summed E-state index contributed by atoms with van der Waals surface area (Å²) < 4.78 is 38.9. The van der Waals surface area contributed by atoms with E-state index in [1.807, 2.05) is 0 Å². The van der Waals surface area contributed by atoms with Gasteiger partial charge in [-0.2, -0.15) is 13.2 Å². The average Bonchev–Trinajstić information content (AvgIpc) is 2.22. The van der Waals surface area contributed by atoms with Crippen LogP contribution in [-0.4, -0.2) is 24.3 Å². The van der Waals surface area contributed by atoms with Gasteiger partial charge in [-0.05, 0) is 11.6 Å². The predicted octanol–water partition coefficient (Wildman–Crippen LogP) is 1.34. The van der Waals surface area contributed by atoms with Crippen molar-refractivity contribution in [2.45, 2.75) is 18.8 Å². The van der Waals surface area contributed by atoms with Gasteiger partial charge in [-0.15, -0.1) is 0 Å². The van der Waals surface area contributed by atoms with Crippen molar-refractivity contribution in [1.29, 1.82) is 0 Å². The first-order valence-electron chi connectivity index (χ1n) is 5.25. The van der Waals surface area contributed by atoms with Crippen LogP contribution in [0.2, 0.25) is 0 Å². The van der Waals surface area contributed by atoms with Crippen LogP contribution in [-0.2, 0) is 12.7 Å². The highest BCUT2D eigenvalue weighted by molar-refractivity contribution is 5.60. The lowest BCUT2D eigenvalue weighted by molar-refractivity contribution is -0.137. The molecular formula is C11H13F3N2O. The SMILES string of the molecule is NCc1cccc(N2CC(O)C2)c1C(F)(F)F. The maximum absolute atomic E-state index is 13.0. The summed E-state index contributed by atoms with van der Waals surface area (Å²) in [5, 5.41) is 9.15. The lowest BCUT2D eigenvalue weighted by atomic mass is 10.0. The molecule has 0 amide bonds. The Kier molecular flexibility index (Phi) is 3.01. The summed E-state index contributed by atoms with van der Waals surface area (Å²) >= 11 is 0. The van der Waals surface area contributed by atoms with E-state index in [0.29, 0.717) is 0 Å². The molecule has 0 radical (unpaired) electrons. The molecule has 1 aromatic rings. The van der Waals surface area contributed by atoms with Crippen molar-refractivity contribution in [3.8, 4) is 0 Å². The fourth-order valence-electron chi connectivity index (χ4n) is 2.00. The van der Waals surface area contributed by atoms with E-state index in [1.165, 1.54) is 17.0 Å². The van der Waals surface area contributed by atoms with Gasteiger partial charge in [0.15, 0.2) is 0 Å². The van der Waals surface area contributed by atoms with Gasteiger partial charge in [0.2, 0.25) is 0 Å². The van der Waals surface area contributed by atoms with Crippen LogP contribution >= 0.6 is 0 Å². The van der Waals surface area contributed by atoms with Crippen molar-refractivity contribution >= 4 is 5.69 Å². The van der Waals surface area contributed by atoms with Gasteiger partial charge in [0.1, 0.15) is 0 Å². The van der Waals surface area contributed by atoms with Crippen LogP contribution in [0, 0.1) is 0 Å². The first kappa shape index (κ1) is 12.2. The van der Waals surface area contributed by atoms with Gasteiger partial charge in [0.05, 0.1) is 11.7 Å². The number of rotatable bonds is 2. The normalized spacial score (nSPS) is 17.1. The molecule has 1 fully saturated rings. The zero-order valence-electron chi connectivity index (χ0n) is 9.04. The van der Waals surface area contributed by atoms with Gasteiger partial charge >= 0.3 is 6.18 Å². The third-order valence-electron chi connectivity index (χ3n) is 2.84. The number of aliphatic hydroxyl groups is 1. The molecule has 0 bridgehead atoms. The number of aliphatic hydroxyl groups excluding tert-OH is 1. The maximum Gasteiger partial charge on any atom is 0.418 e. The van der Waals surface area contributed by atoms with E-state index in [1.54, 1.807) is 6.07 Å².